The van der Waals surface area contributed by atoms with Crippen molar-refractivity contribution in [2.45, 2.75) is 18.9 Å². The summed E-state index contributed by atoms with van der Waals surface area (Å²) in [7, 11) is 3.24. The van der Waals surface area contributed by atoms with E-state index in [1.165, 1.54) is 0 Å². The first kappa shape index (κ1) is 14.3. The van der Waals surface area contributed by atoms with Crippen molar-refractivity contribution in [3.63, 3.8) is 0 Å². The molecule has 0 radical (unpaired) electrons. The summed E-state index contributed by atoms with van der Waals surface area (Å²) < 4.78 is 10.6. The molecule has 0 saturated carbocycles. The summed E-state index contributed by atoms with van der Waals surface area (Å²) in [5.41, 5.74) is 8.33. The third-order valence-electron chi connectivity index (χ3n) is 3.49. The Morgan fingerprint density at radius 1 is 1.05 bits per heavy atom. The molecule has 1 aromatic carbocycles. The van der Waals surface area contributed by atoms with Gasteiger partial charge < -0.3 is 15.2 Å². The van der Waals surface area contributed by atoms with Crippen molar-refractivity contribution in [3.05, 3.63) is 53.9 Å². The summed E-state index contributed by atoms with van der Waals surface area (Å²) in [6, 6.07) is 11.5. The lowest BCUT2D eigenvalue weighted by Gasteiger charge is -2.21. The summed E-state index contributed by atoms with van der Waals surface area (Å²) in [6.45, 7) is 2.07. The number of ether oxygens (including phenoxy) is 2. The number of nitrogens with two attached hydrogens (primary N) is 1. The molecule has 0 aliphatic carbocycles. The zero-order chi connectivity index (χ0) is 14.5. The first-order chi connectivity index (χ1) is 9.67. The van der Waals surface area contributed by atoms with Crippen LogP contribution in [-0.4, -0.2) is 19.2 Å². The topological polar surface area (TPSA) is 57.4 Å². The summed E-state index contributed by atoms with van der Waals surface area (Å²) in [5, 5.41) is 0. The molecular formula is C16H20N2O2. The minimum Gasteiger partial charge on any atom is -0.493 e. The number of rotatable bonds is 5. The van der Waals surface area contributed by atoms with Gasteiger partial charge in [0.05, 0.1) is 14.2 Å². The molecule has 0 fully saturated rings. The summed E-state index contributed by atoms with van der Waals surface area (Å²) in [5.74, 6) is 1.51. The molecule has 0 aliphatic heterocycles. The fraction of sp³-hybridized carbons (Fsp3) is 0.312. The second kappa shape index (κ2) is 6.39. The highest BCUT2D eigenvalue weighted by Gasteiger charge is 2.19. The molecule has 106 valence electrons. The Morgan fingerprint density at radius 2 is 1.80 bits per heavy atom. The smallest absolute Gasteiger partial charge is 0.161 e. The van der Waals surface area contributed by atoms with Gasteiger partial charge in [0.2, 0.25) is 0 Å². The lowest BCUT2D eigenvalue weighted by Crippen LogP contribution is -2.18. The van der Waals surface area contributed by atoms with Gasteiger partial charge in [-0.15, -0.1) is 0 Å². The van der Waals surface area contributed by atoms with Crippen molar-refractivity contribution in [3.8, 4) is 11.5 Å². The predicted octanol–water partition coefficient (Wildman–Crippen LogP) is 2.90. The van der Waals surface area contributed by atoms with Crippen LogP contribution in [0, 0.1) is 0 Å². The van der Waals surface area contributed by atoms with Crippen molar-refractivity contribution < 1.29 is 9.47 Å². The van der Waals surface area contributed by atoms with Gasteiger partial charge in [0, 0.05) is 23.9 Å². The number of hydrogen-bond acceptors (Lipinski definition) is 4. The van der Waals surface area contributed by atoms with Crippen LogP contribution in [-0.2, 0) is 0 Å². The minimum absolute atomic E-state index is 0.120. The Kier molecular flexibility index (Phi) is 4.58. The molecule has 2 aromatic rings. The van der Waals surface area contributed by atoms with E-state index in [1.54, 1.807) is 20.4 Å². The number of nitrogens with zero attached hydrogens (tertiary/aromatic N) is 1. The van der Waals surface area contributed by atoms with E-state index in [9.17, 15) is 0 Å². The van der Waals surface area contributed by atoms with E-state index in [1.807, 2.05) is 36.4 Å². The molecule has 0 spiro atoms. The SMILES string of the molecule is COc1ccc(C(N)C(C)c2ccccn2)cc1OC. The van der Waals surface area contributed by atoms with Gasteiger partial charge in [-0.3, -0.25) is 4.98 Å². The summed E-state index contributed by atoms with van der Waals surface area (Å²) >= 11 is 0. The fourth-order valence-corrected chi connectivity index (χ4v) is 2.18. The van der Waals surface area contributed by atoms with Crippen LogP contribution in [0.2, 0.25) is 0 Å². The second-order valence-electron chi connectivity index (χ2n) is 4.68. The van der Waals surface area contributed by atoms with Crippen LogP contribution in [0.25, 0.3) is 0 Å². The highest BCUT2D eigenvalue weighted by atomic mass is 16.5. The third kappa shape index (κ3) is 2.91. The van der Waals surface area contributed by atoms with E-state index in [0.29, 0.717) is 11.5 Å². The maximum Gasteiger partial charge on any atom is 0.161 e. The molecule has 1 aromatic heterocycles. The number of hydrogen-bond donors (Lipinski definition) is 1. The molecule has 4 heteroatoms. The van der Waals surface area contributed by atoms with Crippen molar-refractivity contribution in [1.29, 1.82) is 0 Å². The zero-order valence-corrected chi connectivity index (χ0v) is 12.0. The molecule has 2 atom stereocenters. The largest absolute Gasteiger partial charge is 0.493 e. The van der Waals surface area contributed by atoms with Gasteiger partial charge in [-0.1, -0.05) is 19.1 Å². The van der Waals surface area contributed by atoms with Gasteiger partial charge in [0.25, 0.3) is 0 Å². The Hall–Kier alpha value is -2.07. The van der Waals surface area contributed by atoms with Gasteiger partial charge >= 0.3 is 0 Å². The van der Waals surface area contributed by atoms with E-state index < -0.39 is 0 Å². The highest BCUT2D eigenvalue weighted by molar-refractivity contribution is 5.44. The van der Waals surface area contributed by atoms with Gasteiger partial charge in [-0.2, -0.15) is 0 Å². The molecule has 2 rings (SSSR count). The fourth-order valence-electron chi connectivity index (χ4n) is 2.18. The molecule has 0 bridgehead atoms. The van der Waals surface area contributed by atoms with Gasteiger partial charge in [0.1, 0.15) is 0 Å². The lowest BCUT2D eigenvalue weighted by atomic mass is 9.92. The molecular weight excluding hydrogens is 252 g/mol. The lowest BCUT2D eigenvalue weighted by molar-refractivity contribution is 0.354. The average molecular weight is 272 g/mol. The quantitative estimate of drug-likeness (QED) is 0.909. The molecule has 0 aliphatic rings. The molecule has 2 N–H and O–H groups in total. The van der Waals surface area contributed by atoms with Crippen LogP contribution in [0.1, 0.15) is 30.1 Å². The van der Waals surface area contributed by atoms with E-state index in [0.717, 1.165) is 11.3 Å². The molecule has 0 amide bonds. The van der Waals surface area contributed by atoms with Gasteiger partial charge in [-0.05, 0) is 29.8 Å². The van der Waals surface area contributed by atoms with Crippen LogP contribution in [0.3, 0.4) is 0 Å². The summed E-state index contributed by atoms with van der Waals surface area (Å²) in [4.78, 5) is 4.37. The Bertz CT molecular complexity index is 558. The van der Waals surface area contributed by atoms with Crippen LogP contribution in [0.4, 0.5) is 0 Å². The Balaban J connectivity index is 2.27. The Labute approximate surface area is 119 Å². The van der Waals surface area contributed by atoms with Crippen LogP contribution in [0.5, 0.6) is 11.5 Å². The van der Waals surface area contributed by atoms with Crippen molar-refractivity contribution in [1.82, 2.24) is 4.98 Å². The number of aromatic nitrogens is 1. The molecule has 4 nitrogen and oxygen atoms in total. The maximum absolute atomic E-state index is 6.35. The van der Waals surface area contributed by atoms with Crippen LogP contribution in [0.15, 0.2) is 42.6 Å². The molecule has 2 unspecified atom stereocenters. The van der Waals surface area contributed by atoms with E-state index >= 15 is 0 Å². The van der Waals surface area contributed by atoms with E-state index in [-0.39, 0.29) is 12.0 Å². The first-order valence-electron chi connectivity index (χ1n) is 6.55. The molecule has 20 heavy (non-hydrogen) atoms. The number of methoxy groups -OCH3 is 2. The second-order valence-corrected chi connectivity index (χ2v) is 4.68. The van der Waals surface area contributed by atoms with Crippen molar-refractivity contribution in [2.24, 2.45) is 5.73 Å². The van der Waals surface area contributed by atoms with E-state index in [4.69, 9.17) is 15.2 Å². The minimum atomic E-state index is -0.148. The predicted molar refractivity (Wildman–Crippen MR) is 79.1 cm³/mol. The maximum atomic E-state index is 6.35. The van der Waals surface area contributed by atoms with Gasteiger partial charge in [0.15, 0.2) is 11.5 Å². The van der Waals surface area contributed by atoms with Crippen molar-refractivity contribution >= 4 is 0 Å². The normalized spacial score (nSPS) is 13.6. The third-order valence-corrected chi connectivity index (χ3v) is 3.49. The molecule has 1 heterocycles. The Morgan fingerprint density at radius 3 is 2.40 bits per heavy atom. The monoisotopic (exact) mass is 272 g/mol. The highest BCUT2D eigenvalue weighted by Crippen LogP contribution is 2.33. The standard InChI is InChI=1S/C16H20N2O2/c1-11(13-6-4-5-9-18-13)16(17)12-7-8-14(19-2)15(10-12)20-3/h4-11,16H,17H2,1-3H3. The summed E-state index contributed by atoms with van der Waals surface area (Å²) in [6.07, 6.45) is 1.78. The number of pyridine rings is 1. The number of benzene rings is 1. The van der Waals surface area contributed by atoms with Crippen LogP contribution >= 0.6 is 0 Å². The zero-order valence-electron chi connectivity index (χ0n) is 12.0. The van der Waals surface area contributed by atoms with Crippen LogP contribution < -0.4 is 15.2 Å². The van der Waals surface area contributed by atoms with Crippen molar-refractivity contribution in [2.75, 3.05) is 14.2 Å². The average Bonchev–Trinajstić information content (AvgIpc) is 2.53. The first-order valence-corrected chi connectivity index (χ1v) is 6.55. The molecule has 0 saturated heterocycles. The van der Waals surface area contributed by atoms with Gasteiger partial charge in [-0.25, -0.2) is 0 Å². The van der Waals surface area contributed by atoms with E-state index in [2.05, 4.69) is 11.9 Å².